The zero-order valence-corrected chi connectivity index (χ0v) is 8.69. The number of carbonyl (C=O) groups is 2. The van der Waals surface area contributed by atoms with E-state index in [1.807, 2.05) is 0 Å². The van der Waals surface area contributed by atoms with E-state index in [1.54, 1.807) is 0 Å². The fraction of sp³-hybridized carbons (Fsp3) is 0.273. The summed E-state index contributed by atoms with van der Waals surface area (Å²) in [6.07, 6.45) is 0.122. The van der Waals surface area contributed by atoms with E-state index >= 15 is 0 Å². The van der Waals surface area contributed by atoms with Gasteiger partial charge in [-0.2, -0.15) is 0 Å². The Bertz CT molecular complexity index is 490. The van der Waals surface area contributed by atoms with Gasteiger partial charge in [-0.05, 0) is 18.6 Å². The Morgan fingerprint density at radius 2 is 2.12 bits per heavy atom. The van der Waals surface area contributed by atoms with Crippen molar-refractivity contribution in [1.29, 1.82) is 0 Å². The lowest BCUT2D eigenvalue weighted by atomic mass is 10.2. The largest absolute Gasteiger partial charge is 0.480 e. The number of benzene rings is 1. The topological polar surface area (TPSA) is 57.6 Å². The van der Waals surface area contributed by atoms with Crippen molar-refractivity contribution in [1.82, 2.24) is 0 Å². The van der Waals surface area contributed by atoms with Gasteiger partial charge in [-0.25, -0.2) is 13.6 Å². The number of anilines is 1. The first-order valence-electron chi connectivity index (χ1n) is 5.01. The molecule has 1 fully saturated rings. The van der Waals surface area contributed by atoms with Gasteiger partial charge in [0.15, 0.2) is 11.6 Å². The maximum Gasteiger partial charge on any atom is 0.326 e. The van der Waals surface area contributed by atoms with Gasteiger partial charge in [0.1, 0.15) is 6.04 Å². The van der Waals surface area contributed by atoms with Gasteiger partial charge in [0.2, 0.25) is 5.91 Å². The van der Waals surface area contributed by atoms with Crippen molar-refractivity contribution in [3.05, 3.63) is 29.8 Å². The van der Waals surface area contributed by atoms with Gasteiger partial charge in [0, 0.05) is 6.42 Å². The predicted octanol–water partition coefficient (Wildman–Crippen LogP) is 1.54. The molecule has 1 heterocycles. The minimum Gasteiger partial charge on any atom is -0.480 e. The lowest BCUT2D eigenvalue weighted by Gasteiger charge is -2.22. The Balaban J connectivity index is 2.47. The minimum absolute atomic E-state index is 0.0208. The molecule has 0 bridgehead atoms. The van der Waals surface area contributed by atoms with Crippen LogP contribution < -0.4 is 4.90 Å². The molecule has 4 nitrogen and oxygen atoms in total. The highest BCUT2D eigenvalue weighted by atomic mass is 19.2. The minimum atomic E-state index is -1.22. The molecule has 1 aromatic rings. The van der Waals surface area contributed by atoms with E-state index in [-0.39, 0.29) is 18.5 Å². The van der Waals surface area contributed by atoms with Gasteiger partial charge in [-0.1, -0.05) is 6.07 Å². The van der Waals surface area contributed by atoms with Crippen molar-refractivity contribution >= 4 is 17.6 Å². The summed E-state index contributed by atoms with van der Waals surface area (Å²) in [5, 5.41) is 8.91. The first kappa shape index (κ1) is 11.5. The molecule has 6 heteroatoms. The van der Waals surface area contributed by atoms with Crippen LogP contribution in [-0.2, 0) is 9.59 Å². The van der Waals surface area contributed by atoms with Crippen LogP contribution in [0.1, 0.15) is 12.8 Å². The summed E-state index contributed by atoms with van der Waals surface area (Å²) in [5.74, 6) is -4.04. The number of carboxylic acid groups (broad SMARTS) is 1. The third-order valence-corrected chi connectivity index (χ3v) is 2.69. The summed E-state index contributed by atoms with van der Waals surface area (Å²) in [5.41, 5.74) is -0.320. The van der Waals surface area contributed by atoms with Gasteiger partial charge in [0.25, 0.3) is 0 Å². The Hall–Kier alpha value is -1.98. The van der Waals surface area contributed by atoms with Gasteiger partial charge < -0.3 is 5.11 Å². The van der Waals surface area contributed by atoms with Crippen LogP contribution >= 0.6 is 0 Å². The Labute approximate surface area is 95.5 Å². The summed E-state index contributed by atoms with van der Waals surface area (Å²) < 4.78 is 26.5. The van der Waals surface area contributed by atoms with Gasteiger partial charge in [0.05, 0.1) is 5.69 Å². The Kier molecular flexibility index (Phi) is 2.79. The number of hydrogen-bond acceptors (Lipinski definition) is 2. The number of nitrogens with zero attached hydrogens (tertiary/aromatic N) is 1. The molecule has 0 aromatic heterocycles. The first-order chi connectivity index (χ1) is 8.02. The van der Waals surface area contributed by atoms with E-state index in [0.29, 0.717) is 0 Å². The highest BCUT2D eigenvalue weighted by Crippen LogP contribution is 2.29. The average molecular weight is 241 g/mol. The quantitative estimate of drug-likeness (QED) is 0.854. The normalized spacial score (nSPS) is 19.8. The van der Waals surface area contributed by atoms with Gasteiger partial charge in [-0.15, -0.1) is 0 Å². The van der Waals surface area contributed by atoms with Crippen LogP contribution in [0.3, 0.4) is 0 Å². The zero-order valence-electron chi connectivity index (χ0n) is 8.69. The van der Waals surface area contributed by atoms with E-state index in [4.69, 9.17) is 5.11 Å². The lowest BCUT2D eigenvalue weighted by molar-refractivity contribution is -0.138. The zero-order chi connectivity index (χ0) is 12.6. The monoisotopic (exact) mass is 241 g/mol. The standard InChI is InChI=1S/C11H9F2NO3/c12-6-2-1-3-7(10(6)13)14-8(11(16)17)4-5-9(14)15/h1-3,8H,4-5H2,(H,16,17). The number of rotatable bonds is 2. The van der Waals surface area contributed by atoms with Crippen LogP contribution in [0.25, 0.3) is 0 Å². The number of carboxylic acids is 1. The van der Waals surface area contributed by atoms with Crippen LogP contribution in [0.4, 0.5) is 14.5 Å². The second-order valence-corrected chi connectivity index (χ2v) is 3.73. The second kappa shape index (κ2) is 4.12. The Morgan fingerprint density at radius 3 is 2.76 bits per heavy atom. The summed E-state index contributed by atoms with van der Waals surface area (Å²) in [6.45, 7) is 0. The third kappa shape index (κ3) is 1.86. The molecular formula is C11H9F2NO3. The molecule has 0 radical (unpaired) electrons. The van der Waals surface area contributed by atoms with E-state index in [0.717, 1.165) is 11.0 Å². The fourth-order valence-electron chi connectivity index (χ4n) is 1.90. The summed E-state index contributed by atoms with van der Waals surface area (Å²) in [7, 11) is 0. The van der Waals surface area contributed by atoms with E-state index < -0.39 is 29.6 Å². The molecule has 17 heavy (non-hydrogen) atoms. The number of amides is 1. The SMILES string of the molecule is O=C(O)C1CCC(=O)N1c1cccc(F)c1F. The molecule has 90 valence electrons. The maximum atomic E-state index is 13.5. The predicted molar refractivity (Wildman–Crippen MR) is 54.5 cm³/mol. The maximum absolute atomic E-state index is 13.5. The number of halogens is 2. The molecule has 0 saturated carbocycles. The van der Waals surface area contributed by atoms with Crippen LogP contribution in [0.2, 0.25) is 0 Å². The summed E-state index contributed by atoms with van der Waals surface area (Å²) >= 11 is 0. The molecule has 1 aliphatic rings. The highest BCUT2D eigenvalue weighted by molar-refractivity contribution is 6.02. The fourth-order valence-corrected chi connectivity index (χ4v) is 1.90. The highest BCUT2D eigenvalue weighted by Gasteiger charge is 2.38. The van der Waals surface area contributed by atoms with Gasteiger partial charge in [-0.3, -0.25) is 9.69 Å². The Morgan fingerprint density at radius 1 is 1.41 bits per heavy atom. The molecule has 1 unspecified atom stereocenters. The van der Waals surface area contributed by atoms with Crippen molar-refractivity contribution in [2.24, 2.45) is 0 Å². The number of carbonyl (C=O) groups excluding carboxylic acids is 1. The molecule has 1 atom stereocenters. The number of hydrogen-bond donors (Lipinski definition) is 1. The smallest absolute Gasteiger partial charge is 0.326 e. The van der Waals surface area contributed by atoms with Crippen molar-refractivity contribution in [2.45, 2.75) is 18.9 Å². The molecule has 1 amide bonds. The molecule has 1 aromatic carbocycles. The molecule has 1 aliphatic heterocycles. The number of aliphatic carboxylic acids is 1. The van der Waals surface area contributed by atoms with E-state index in [2.05, 4.69) is 0 Å². The molecule has 1 N–H and O–H groups in total. The van der Waals surface area contributed by atoms with Crippen LogP contribution in [-0.4, -0.2) is 23.0 Å². The van der Waals surface area contributed by atoms with Crippen LogP contribution in [0.15, 0.2) is 18.2 Å². The lowest BCUT2D eigenvalue weighted by Crippen LogP contribution is -2.39. The first-order valence-corrected chi connectivity index (χ1v) is 5.01. The van der Waals surface area contributed by atoms with Crippen LogP contribution in [0.5, 0.6) is 0 Å². The van der Waals surface area contributed by atoms with Crippen molar-refractivity contribution in [3.8, 4) is 0 Å². The van der Waals surface area contributed by atoms with Crippen LogP contribution in [0, 0.1) is 11.6 Å². The van der Waals surface area contributed by atoms with Crippen molar-refractivity contribution in [2.75, 3.05) is 4.90 Å². The van der Waals surface area contributed by atoms with Crippen molar-refractivity contribution < 1.29 is 23.5 Å². The molecule has 1 saturated heterocycles. The summed E-state index contributed by atoms with van der Waals surface area (Å²) in [4.78, 5) is 23.2. The molecular weight excluding hydrogens is 232 g/mol. The average Bonchev–Trinajstić information content (AvgIpc) is 2.65. The molecule has 2 rings (SSSR count). The third-order valence-electron chi connectivity index (χ3n) is 2.69. The summed E-state index contributed by atoms with van der Waals surface area (Å²) in [6, 6.07) is 2.21. The van der Waals surface area contributed by atoms with E-state index in [1.165, 1.54) is 12.1 Å². The second-order valence-electron chi connectivity index (χ2n) is 3.73. The van der Waals surface area contributed by atoms with Gasteiger partial charge >= 0.3 is 5.97 Å². The molecule has 0 spiro atoms. The van der Waals surface area contributed by atoms with Crippen molar-refractivity contribution in [3.63, 3.8) is 0 Å². The molecule has 0 aliphatic carbocycles. The van der Waals surface area contributed by atoms with E-state index in [9.17, 15) is 18.4 Å².